The Morgan fingerprint density at radius 3 is 2.23 bits per heavy atom. The van der Waals surface area contributed by atoms with Gasteiger partial charge in [-0.25, -0.2) is 4.39 Å². The molecule has 0 aliphatic carbocycles. The molecule has 0 bridgehead atoms. The number of piperidine rings is 1. The number of hydrogen-bond acceptors (Lipinski definition) is 1. The van der Waals surface area contributed by atoms with Gasteiger partial charge in [0.05, 0.1) is 0 Å². The third-order valence-electron chi connectivity index (χ3n) is 2.62. The van der Waals surface area contributed by atoms with Crippen molar-refractivity contribution < 1.29 is 17.6 Å². The fraction of sp³-hybridized carbons (Fsp3) is 1.00. The van der Waals surface area contributed by atoms with Crippen LogP contribution >= 0.6 is 0 Å². The zero-order valence-electron chi connectivity index (χ0n) is 7.42. The van der Waals surface area contributed by atoms with Crippen molar-refractivity contribution in [2.75, 3.05) is 13.1 Å². The van der Waals surface area contributed by atoms with E-state index in [1.54, 1.807) is 0 Å². The van der Waals surface area contributed by atoms with Crippen LogP contribution in [0.1, 0.15) is 19.8 Å². The summed E-state index contributed by atoms with van der Waals surface area (Å²) in [6.45, 7) is 1.43. The summed E-state index contributed by atoms with van der Waals surface area (Å²) in [4.78, 5) is 0. The molecule has 2 atom stereocenters. The van der Waals surface area contributed by atoms with E-state index in [1.807, 2.05) is 0 Å². The lowest BCUT2D eigenvalue weighted by Gasteiger charge is -2.34. The van der Waals surface area contributed by atoms with E-state index in [1.165, 1.54) is 0 Å². The maximum Gasteiger partial charge on any atom is 0.422 e. The Labute approximate surface area is 74.5 Å². The average Bonchev–Trinajstić information content (AvgIpc) is 2.04. The predicted molar refractivity (Wildman–Crippen MR) is 41.2 cm³/mol. The first-order valence-electron chi connectivity index (χ1n) is 4.32. The van der Waals surface area contributed by atoms with Crippen LogP contribution in [0.3, 0.4) is 0 Å². The first kappa shape index (κ1) is 10.8. The number of rotatable bonds is 1. The standard InChI is InChI=1S/C8H13F4N/c1-7(9,8(10,11)12)6-3-2-4-13-5-6/h6,13H,2-5H2,1H3. The molecule has 5 heteroatoms. The third kappa shape index (κ3) is 2.13. The second-order valence-corrected chi connectivity index (χ2v) is 3.62. The summed E-state index contributed by atoms with van der Waals surface area (Å²) in [6.07, 6.45) is -3.84. The third-order valence-corrected chi connectivity index (χ3v) is 2.62. The van der Waals surface area contributed by atoms with E-state index in [4.69, 9.17) is 0 Å². The molecule has 0 aromatic heterocycles. The molecule has 2 unspecified atom stereocenters. The Kier molecular flexibility index (Phi) is 2.85. The van der Waals surface area contributed by atoms with Crippen LogP contribution in [0.25, 0.3) is 0 Å². The molecule has 1 aliphatic rings. The molecule has 1 aliphatic heterocycles. The molecule has 1 heterocycles. The topological polar surface area (TPSA) is 12.0 Å². The molecule has 1 rings (SSSR count). The molecule has 0 aromatic rings. The molecular weight excluding hydrogens is 186 g/mol. The van der Waals surface area contributed by atoms with Crippen molar-refractivity contribution in [2.45, 2.75) is 31.6 Å². The highest BCUT2D eigenvalue weighted by Gasteiger charge is 2.56. The second-order valence-electron chi connectivity index (χ2n) is 3.62. The Morgan fingerprint density at radius 2 is 1.85 bits per heavy atom. The van der Waals surface area contributed by atoms with Gasteiger partial charge in [0.15, 0.2) is 0 Å². The summed E-state index contributed by atoms with van der Waals surface area (Å²) in [5.74, 6) is -0.943. The zero-order valence-corrected chi connectivity index (χ0v) is 7.42. The van der Waals surface area contributed by atoms with Crippen molar-refractivity contribution in [3.05, 3.63) is 0 Å². The summed E-state index contributed by atoms with van der Waals surface area (Å²) < 4.78 is 50.0. The van der Waals surface area contributed by atoms with Crippen LogP contribution in [0.2, 0.25) is 0 Å². The SMILES string of the molecule is CC(F)(C1CCCNC1)C(F)(F)F. The smallest absolute Gasteiger partial charge is 0.316 e. The fourth-order valence-electron chi connectivity index (χ4n) is 1.55. The van der Waals surface area contributed by atoms with E-state index in [-0.39, 0.29) is 6.54 Å². The van der Waals surface area contributed by atoms with E-state index >= 15 is 0 Å². The maximum absolute atomic E-state index is 13.3. The van der Waals surface area contributed by atoms with E-state index < -0.39 is 17.8 Å². The average molecular weight is 199 g/mol. The number of hydrogen-bond donors (Lipinski definition) is 1. The van der Waals surface area contributed by atoms with E-state index in [0.29, 0.717) is 26.3 Å². The highest BCUT2D eigenvalue weighted by molar-refractivity contribution is 4.92. The van der Waals surface area contributed by atoms with Gasteiger partial charge in [-0.3, -0.25) is 0 Å². The molecule has 0 spiro atoms. The van der Waals surface area contributed by atoms with Gasteiger partial charge in [0.25, 0.3) is 0 Å². The van der Waals surface area contributed by atoms with Gasteiger partial charge < -0.3 is 5.32 Å². The Morgan fingerprint density at radius 1 is 1.23 bits per heavy atom. The minimum absolute atomic E-state index is 0.118. The maximum atomic E-state index is 13.3. The van der Waals surface area contributed by atoms with Gasteiger partial charge in [-0.1, -0.05) is 0 Å². The number of nitrogens with one attached hydrogen (secondary N) is 1. The zero-order chi connectivity index (χ0) is 10.1. The molecule has 0 saturated carbocycles. The summed E-state index contributed by atoms with van der Waals surface area (Å²) in [5.41, 5.74) is -3.06. The Hall–Kier alpha value is -0.320. The number of halogens is 4. The Bertz CT molecular complexity index is 169. The monoisotopic (exact) mass is 199 g/mol. The molecule has 0 aromatic carbocycles. The molecule has 0 radical (unpaired) electrons. The summed E-state index contributed by atoms with van der Waals surface area (Å²) >= 11 is 0. The van der Waals surface area contributed by atoms with Crippen molar-refractivity contribution in [3.8, 4) is 0 Å². The Balaban J connectivity index is 2.67. The molecule has 1 saturated heterocycles. The molecule has 13 heavy (non-hydrogen) atoms. The highest BCUT2D eigenvalue weighted by atomic mass is 19.4. The van der Waals surface area contributed by atoms with Crippen LogP contribution < -0.4 is 5.32 Å². The highest BCUT2D eigenvalue weighted by Crippen LogP contribution is 2.41. The minimum Gasteiger partial charge on any atom is -0.316 e. The van der Waals surface area contributed by atoms with Gasteiger partial charge in [0.1, 0.15) is 0 Å². The van der Waals surface area contributed by atoms with Crippen LogP contribution in [0, 0.1) is 5.92 Å². The molecule has 1 N–H and O–H groups in total. The van der Waals surface area contributed by atoms with Crippen molar-refractivity contribution in [1.82, 2.24) is 5.32 Å². The lowest BCUT2D eigenvalue weighted by atomic mass is 9.84. The van der Waals surface area contributed by atoms with Gasteiger partial charge in [0.2, 0.25) is 5.67 Å². The van der Waals surface area contributed by atoms with E-state index in [2.05, 4.69) is 5.32 Å². The van der Waals surface area contributed by atoms with Crippen LogP contribution in [-0.4, -0.2) is 24.9 Å². The van der Waals surface area contributed by atoms with Gasteiger partial charge in [-0.15, -0.1) is 0 Å². The van der Waals surface area contributed by atoms with E-state index in [0.717, 1.165) is 0 Å². The first-order valence-corrected chi connectivity index (χ1v) is 4.32. The molecule has 1 nitrogen and oxygen atoms in total. The van der Waals surface area contributed by atoms with Crippen LogP contribution in [-0.2, 0) is 0 Å². The minimum atomic E-state index is -4.75. The summed E-state index contributed by atoms with van der Waals surface area (Å²) in [7, 11) is 0. The second kappa shape index (κ2) is 3.44. The van der Waals surface area contributed by atoms with E-state index in [9.17, 15) is 17.6 Å². The van der Waals surface area contributed by atoms with Gasteiger partial charge in [-0.2, -0.15) is 13.2 Å². The molecule has 0 amide bonds. The molecule has 78 valence electrons. The predicted octanol–water partition coefficient (Wildman–Crippen LogP) is 2.28. The van der Waals surface area contributed by atoms with Crippen LogP contribution in [0.4, 0.5) is 17.6 Å². The lowest BCUT2D eigenvalue weighted by molar-refractivity contribution is -0.243. The van der Waals surface area contributed by atoms with Crippen molar-refractivity contribution in [2.24, 2.45) is 5.92 Å². The van der Waals surface area contributed by atoms with Crippen LogP contribution in [0.15, 0.2) is 0 Å². The quantitative estimate of drug-likeness (QED) is 0.639. The summed E-state index contributed by atoms with van der Waals surface area (Å²) in [6, 6.07) is 0. The van der Waals surface area contributed by atoms with Crippen molar-refractivity contribution in [3.63, 3.8) is 0 Å². The first-order chi connectivity index (χ1) is 5.86. The fourth-order valence-corrected chi connectivity index (χ4v) is 1.55. The van der Waals surface area contributed by atoms with Gasteiger partial charge in [-0.05, 0) is 26.3 Å². The lowest BCUT2D eigenvalue weighted by Crippen LogP contribution is -2.50. The number of alkyl halides is 4. The van der Waals surface area contributed by atoms with Gasteiger partial charge >= 0.3 is 6.18 Å². The summed E-state index contributed by atoms with van der Waals surface area (Å²) in [5, 5.41) is 2.77. The van der Waals surface area contributed by atoms with Crippen LogP contribution in [0.5, 0.6) is 0 Å². The van der Waals surface area contributed by atoms with Crippen molar-refractivity contribution in [1.29, 1.82) is 0 Å². The largest absolute Gasteiger partial charge is 0.422 e. The molecular formula is C8H13F4N. The molecule has 1 fully saturated rings. The normalized spacial score (nSPS) is 29.8. The van der Waals surface area contributed by atoms with Gasteiger partial charge in [0, 0.05) is 12.5 Å². The van der Waals surface area contributed by atoms with Crippen molar-refractivity contribution >= 4 is 0 Å².